The molecule has 5 heteroatoms. The number of rotatable bonds is 0. The zero-order chi connectivity index (χ0) is 8.70. The Kier molecular flexibility index (Phi) is 1.61. The molecule has 0 bridgehead atoms. The minimum Gasteiger partial charge on any atom is -0.394 e. The first kappa shape index (κ1) is 8.36. The summed E-state index contributed by atoms with van der Waals surface area (Å²) in [6, 6.07) is 0. The second kappa shape index (κ2) is 2.12. The summed E-state index contributed by atoms with van der Waals surface area (Å²) in [4.78, 5) is 4.37. The maximum atomic E-state index is 12.2. The van der Waals surface area contributed by atoms with E-state index in [0.29, 0.717) is 0 Å². The van der Waals surface area contributed by atoms with Crippen LogP contribution in [0.2, 0.25) is 0 Å². The zero-order valence-electron chi connectivity index (χ0n) is 6.20. The van der Waals surface area contributed by atoms with Crippen molar-refractivity contribution >= 4 is 5.71 Å². The van der Waals surface area contributed by atoms with Crippen molar-refractivity contribution in [1.82, 2.24) is 0 Å². The van der Waals surface area contributed by atoms with Gasteiger partial charge in [0.15, 0.2) is 0 Å². The lowest BCUT2D eigenvalue weighted by Crippen LogP contribution is -2.41. The maximum absolute atomic E-state index is 12.2. The van der Waals surface area contributed by atoms with Gasteiger partial charge in [0.25, 0.3) is 0 Å². The number of hydrogen-bond donors (Lipinski definition) is 0. The number of nitrogens with zero attached hydrogens (tertiary/aromatic N) is 1. The van der Waals surface area contributed by atoms with Crippen molar-refractivity contribution in [2.75, 3.05) is 6.61 Å². The van der Waals surface area contributed by atoms with E-state index >= 15 is 0 Å². The van der Waals surface area contributed by atoms with Crippen LogP contribution >= 0.6 is 0 Å². The fourth-order valence-electron chi connectivity index (χ4n) is 0.750. The summed E-state index contributed by atoms with van der Waals surface area (Å²) in [6.07, 6.45) is -4.27. The molecule has 64 valence electrons. The monoisotopic (exact) mass is 167 g/mol. The van der Waals surface area contributed by atoms with E-state index < -0.39 is 18.2 Å². The molecule has 0 saturated carbocycles. The predicted molar refractivity (Wildman–Crippen MR) is 33.2 cm³/mol. The summed E-state index contributed by atoms with van der Waals surface area (Å²) in [6.45, 7) is 2.00. The van der Waals surface area contributed by atoms with Gasteiger partial charge in [0, 0.05) is 0 Å². The third-order valence-corrected chi connectivity index (χ3v) is 1.98. The molecule has 1 rings (SSSR count). The van der Waals surface area contributed by atoms with E-state index in [1.807, 2.05) is 0 Å². The molecule has 1 aliphatic rings. The van der Waals surface area contributed by atoms with E-state index in [1.54, 1.807) is 0 Å². The van der Waals surface area contributed by atoms with Gasteiger partial charge in [-0.25, -0.2) is 0 Å². The van der Waals surface area contributed by atoms with Crippen LogP contribution in [0.1, 0.15) is 13.8 Å². The molecule has 1 atom stereocenters. The van der Waals surface area contributed by atoms with E-state index in [0.717, 1.165) is 6.92 Å². The first-order valence-electron chi connectivity index (χ1n) is 3.12. The summed E-state index contributed by atoms with van der Waals surface area (Å²) in [5, 5.41) is 3.25. The molecule has 11 heavy (non-hydrogen) atoms. The van der Waals surface area contributed by atoms with Gasteiger partial charge >= 0.3 is 6.18 Å². The highest BCUT2D eigenvalue weighted by molar-refractivity contribution is 5.89. The average Bonchev–Trinajstić information content (AvgIpc) is 2.12. The third-order valence-electron chi connectivity index (χ3n) is 1.98. The molecule has 0 N–H and O–H groups in total. The molecule has 2 nitrogen and oxygen atoms in total. The van der Waals surface area contributed by atoms with Crippen molar-refractivity contribution in [3.8, 4) is 0 Å². The first-order valence-corrected chi connectivity index (χ1v) is 3.12. The van der Waals surface area contributed by atoms with E-state index in [9.17, 15) is 13.2 Å². The van der Waals surface area contributed by atoms with Crippen LogP contribution in [0.4, 0.5) is 13.2 Å². The Hall–Kier alpha value is -0.740. The van der Waals surface area contributed by atoms with E-state index in [-0.39, 0.29) is 5.71 Å². The van der Waals surface area contributed by atoms with Gasteiger partial charge in [-0.2, -0.15) is 13.2 Å². The van der Waals surface area contributed by atoms with Crippen molar-refractivity contribution < 1.29 is 18.0 Å². The normalized spacial score (nSPS) is 31.5. The van der Waals surface area contributed by atoms with Crippen LogP contribution in [0, 0.1) is 5.41 Å². The lowest BCUT2D eigenvalue weighted by Gasteiger charge is -2.24. The maximum Gasteiger partial charge on any atom is 0.402 e. The number of hydrogen-bond acceptors (Lipinski definition) is 2. The number of oxime groups is 1. The van der Waals surface area contributed by atoms with Gasteiger partial charge in [-0.1, -0.05) is 5.16 Å². The quantitative estimate of drug-likeness (QED) is 0.540. The highest BCUT2D eigenvalue weighted by Crippen LogP contribution is 2.41. The molecule has 1 heterocycles. The Morgan fingerprint density at radius 3 is 2.27 bits per heavy atom. The Morgan fingerprint density at radius 2 is 2.09 bits per heavy atom. The van der Waals surface area contributed by atoms with Gasteiger partial charge in [-0.3, -0.25) is 0 Å². The van der Waals surface area contributed by atoms with E-state index in [1.165, 1.54) is 6.92 Å². The Bertz CT molecular complexity index is 198. The highest BCUT2D eigenvalue weighted by Gasteiger charge is 2.56. The molecular weight excluding hydrogens is 159 g/mol. The second-order valence-electron chi connectivity index (χ2n) is 2.78. The van der Waals surface area contributed by atoms with Crippen molar-refractivity contribution in [2.45, 2.75) is 20.0 Å². The minimum atomic E-state index is -4.27. The average molecular weight is 167 g/mol. The van der Waals surface area contributed by atoms with Crippen LogP contribution in [-0.2, 0) is 4.84 Å². The van der Waals surface area contributed by atoms with Crippen LogP contribution < -0.4 is 0 Å². The molecule has 0 aromatic heterocycles. The molecule has 0 spiro atoms. The third kappa shape index (κ3) is 1.08. The molecule has 1 aliphatic heterocycles. The highest BCUT2D eigenvalue weighted by atomic mass is 19.4. The lowest BCUT2D eigenvalue weighted by molar-refractivity contribution is -0.199. The van der Waals surface area contributed by atoms with Crippen LogP contribution in [0.3, 0.4) is 0 Å². The smallest absolute Gasteiger partial charge is 0.394 e. The minimum absolute atomic E-state index is 0.00926. The summed E-state index contributed by atoms with van der Waals surface area (Å²) in [5.74, 6) is 0. The van der Waals surface area contributed by atoms with Crippen molar-refractivity contribution in [2.24, 2.45) is 10.6 Å². The van der Waals surface area contributed by atoms with Gasteiger partial charge in [0.05, 0.1) is 5.71 Å². The zero-order valence-corrected chi connectivity index (χ0v) is 6.20. The summed E-state index contributed by atoms with van der Waals surface area (Å²) in [5.41, 5.74) is -1.89. The lowest BCUT2D eigenvalue weighted by atomic mass is 9.87. The van der Waals surface area contributed by atoms with Gasteiger partial charge in [0.1, 0.15) is 12.0 Å². The van der Waals surface area contributed by atoms with Crippen LogP contribution in [0.5, 0.6) is 0 Å². The van der Waals surface area contributed by atoms with Crippen molar-refractivity contribution in [3.63, 3.8) is 0 Å². The largest absolute Gasteiger partial charge is 0.402 e. The van der Waals surface area contributed by atoms with Crippen molar-refractivity contribution in [3.05, 3.63) is 0 Å². The molecule has 1 unspecified atom stereocenters. The summed E-state index contributed by atoms with van der Waals surface area (Å²) in [7, 11) is 0. The topological polar surface area (TPSA) is 21.6 Å². The Labute approximate surface area is 62.0 Å². The molecular formula is C6H8F3NO. The molecule has 0 fully saturated rings. The Balaban J connectivity index is 2.92. The van der Waals surface area contributed by atoms with E-state index in [4.69, 9.17) is 0 Å². The second-order valence-corrected chi connectivity index (χ2v) is 2.78. The van der Waals surface area contributed by atoms with Gasteiger partial charge in [0.2, 0.25) is 0 Å². The van der Waals surface area contributed by atoms with Gasteiger partial charge in [-0.15, -0.1) is 0 Å². The molecule has 0 radical (unpaired) electrons. The predicted octanol–water partition coefficient (Wildman–Crippen LogP) is 1.96. The van der Waals surface area contributed by atoms with Gasteiger partial charge < -0.3 is 4.84 Å². The molecule has 0 aliphatic carbocycles. The molecule has 0 aromatic rings. The molecule has 0 saturated heterocycles. The SMILES string of the molecule is CC1=NOCC1(C)C(F)(F)F. The number of halogens is 3. The molecule has 0 aromatic carbocycles. The van der Waals surface area contributed by atoms with Crippen LogP contribution in [-0.4, -0.2) is 18.5 Å². The first-order chi connectivity index (χ1) is 4.88. The number of alkyl halides is 3. The Morgan fingerprint density at radius 1 is 1.55 bits per heavy atom. The van der Waals surface area contributed by atoms with Crippen molar-refractivity contribution in [1.29, 1.82) is 0 Å². The summed E-state index contributed by atoms with van der Waals surface area (Å²) < 4.78 is 36.7. The van der Waals surface area contributed by atoms with E-state index in [2.05, 4.69) is 9.99 Å². The fourth-order valence-corrected chi connectivity index (χ4v) is 0.750. The standard InChI is InChI=1S/C6H8F3NO/c1-4-5(2,3-11-10-4)6(7,8)9/h3H2,1-2H3. The fraction of sp³-hybridized carbons (Fsp3) is 0.833. The van der Waals surface area contributed by atoms with Gasteiger partial charge in [-0.05, 0) is 13.8 Å². The van der Waals surface area contributed by atoms with Crippen LogP contribution in [0.25, 0.3) is 0 Å². The summed E-state index contributed by atoms with van der Waals surface area (Å²) >= 11 is 0. The van der Waals surface area contributed by atoms with Crippen LogP contribution in [0.15, 0.2) is 5.16 Å². The molecule has 0 amide bonds.